The molecule has 0 aliphatic rings. The summed E-state index contributed by atoms with van der Waals surface area (Å²) in [5, 5.41) is 3.10. The first kappa shape index (κ1) is 12.3. The normalized spacial score (nSPS) is 14.0. The highest BCUT2D eigenvalue weighted by Gasteiger charge is 2.10. The van der Waals surface area contributed by atoms with Crippen molar-refractivity contribution in [2.24, 2.45) is 0 Å². The number of furan rings is 1. The summed E-state index contributed by atoms with van der Waals surface area (Å²) < 4.78 is 27.6. The second-order valence-corrected chi connectivity index (χ2v) is 5.90. The SMILES string of the molecule is CCS(=O)(=O)CCN[C@H](C)c1ccco1. The van der Waals surface area contributed by atoms with E-state index < -0.39 is 9.84 Å². The van der Waals surface area contributed by atoms with Crippen LogP contribution >= 0.6 is 0 Å². The van der Waals surface area contributed by atoms with Crippen LogP contribution in [0.1, 0.15) is 25.6 Å². The number of hydrogen-bond acceptors (Lipinski definition) is 4. The van der Waals surface area contributed by atoms with Crippen LogP contribution < -0.4 is 5.32 Å². The standard InChI is InChI=1S/C10H17NO3S/c1-3-15(12,13)8-6-11-9(2)10-5-4-7-14-10/h4-5,7,9,11H,3,6,8H2,1-2H3/t9-/m1/s1. The Kier molecular flexibility index (Phi) is 4.35. The summed E-state index contributed by atoms with van der Waals surface area (Å²) in [6.07, 6.45) is 1.61. The van der Waals surface area contributed by atoms with E-state index >= 15 is 0 Å². The summed E-state index contributed by atoms with van der Waals surface area (Å²) in [6, 6.07) is 3.73. The van der Waals surface area contributed by atoms with Crippen LogP contribution in [0.5, 0.6) is 0 Å². The third-order valence-corrected chi connectivity index (χ3v) is 3.98. The van der Waals surface area contributed by atoms with Gasteiger partial charge in [0.15, 0.2) is 9.84 Å². The third-order valence-electron chi connectivity index (χ3n) is 2.27. The molecule has 0 amide bonds. The second-order valence-electron chi connectivity index (χ2n) is 3.43. The topological polar surface area (TPSA) is 59.3 Å². The Morgan fingerprint density at radius 1 is 1.53 bits per heavy atom. The molecular formula is C10H17NO3S. The molecule has 86 valence electrons. The van der Waals surface area contributed by atoms with Gasteiger partial charge < -0.3 is 9.73 Å². The quantitative estimate of drug-likeness (QED) is 0.803. The molecule has 15 heavy (non-hydrogen) atoms. The Bertz CT molecular complexity index is 369. The van der Waals surface area contributed by atoms with Crippen molar-refractivity contribution in [1.29, 1.82) is 0 Å². The minimum Gasteiger partial charge on any atom is -0.468 e. The van der Waals surface area contributed by atoms with Gasteiger partial charge in [0.1, 0.15) is 5.76 Å². The Hall–Kier alpha value is -0.810. The molecule has 0 aliphatic heterocycles. The van der Waals surface area contributed by atoms with E-state index in [0.29, 0.717) is 6.54 Å². The van der Waals surface area contributed by atoms with E-state index in [1.165, 1.54) is 0 Å². The molecule has 1 rings (SSSR count). The average Bonchev–Trinajstić information content (AvgIpc) is 2.70. The molecule has 0 aromatic carbocycles. The summed E-state index contributed by atoms with van der Waals surface area (Å²) in [6.45, 7) is 4.06. The fraction of sp³-hybridized carbons (Fsp3) is 0.600. The monoisotopic (exact) mass is 231 g/mol. The molecule has 0 bridgehead atoms. The number of sulfone groups is 1. The van der Waals surface area contributed by atoms with Gasteiger partial charge in [-0.25, -0.2) is 8.42 Å². The summed E-state index contributed by atoms with van der Waals surface area (Å²) in [5.74, 6) is 1.20. The molecule has 1 N–H and O–H groups in total. The lowest BCUT2D eigenvalue weighted by Crippen LogP contribution is -2.26. The Morgan fingerprint density at radius 2 is 2.27 bits per heavy atom. The lowest BCUT2D eigenvalue weighted by molar-refractivity contribution is 0.437. The van der Waals surface area contributed by atoms with Gasteiger partial charge in [-0.2, -0.15) is 0 Å². The van der Waals surface area contributed by atoms with E-state index in [9.17, 15) is 8.42 Å². The first-order valence-corrected chi connectivity index (χ1v) is 6.84. The van der Waals surface area contributed by atoms with Crippen LogP contribution in [-0.2, 0) is 9.84 Å². The predicted molar refractivity (Wildman–Crippen MR) is 59.5 cm³/mol. The molecule has 5 heteroatoms. The zero-order valence-corrected chi connectivity index (χ0v) is 9.88. The fourth-order valence-electron chi connectivity index (χ4n) is 1.21. The highest BCUT2D eigenvalue weighted by Crippen LogP contribution is 2.11. The summed E-state index contributed by atoms with van der Waals surface area (Å²) in [5.41, 5.74) is 0. The minimum absolute atomic E-state index is 0.0482. The van der Waals surface area contributed by atoms with Gasteiger partial charge in [-0.1, -0.05) is 6.92 Å². The van der Waals surface area contributed by atoms with E-state index in [1.54, 1.807) is 13.2 Å². The van der Waals surface area contributed by atoms with Gasteiger partial charge in [0, 0.05) is 12.3 Å². The van der Waals surface area contributed by atoms with Crippen molar-refractivity contribution in [3.63, 3.8) is 0 Å². The van der Waals surface area contributed by atoms with Crippen molar-refractivity contribution in [2.75, 3.05) is 18.1 Å². The van der Waals surface area contributed by atoms with E-state index in [4.69, 9.17) is 4.42 Å². The Labute approximate surface area is 90.6 Å². The fourth-order valence-corrected chi connectivity index (χ4v) is 1.93. The van der Waals surface area contributed by atoms with Gasteiger partial charge in [0.25, 0.3) is 0 Å². The molecule has 4 nitrogen and oxygen atoms in total. The van der Waals surface area contributed by atoms with Crippen molar-refractivity contribution in [1.82, 2.24) is 5.32 Å². The Balaban J connectivity index is 2.33. The first-order valence-electron chi connectivity index (χ1n) is 5.02. The number of hydrogen-bond donors (Lipinski definition) is 1. The molecule has 1 aromatic heterocycles. The number of rotatable bonds is 6. The maximum absolute atomic E-state index is 11.2. The van der Waals surface area contributed by atoms with E-state index in [0.717, 1.165) is 5.76 Å². The van der Waals surface area contributed by atoms with Crippen molar-refractivity contribution >= 4 is 9.84 Å². The minimum atomic E-state index is -2.88. The van der Waals surface area contributed by atoms with Crippen molar-refractivity contribution < 1.29 is 12.8 Å². The van der Waals surface area contributed by atoms with Crippen molar-refractivity contribution in [2.45, 2.75) is 19.9 Å². The first-order chi connectivity index (χ1) is 7.05. The molecule has 1 atom stereocenters. The molecule has 1 heterocycles. The van der Waals surface area contributed by atoms with Crippen LogP contribution in [0.2, 0.25) is 0 Å². The molecule has 0 radical (unpaired) electrons. The van der Waals surface area contributed by atoms with Crippen LogP contribution in [0.4, 0.5) is 0 Å². The lowest BCUT2D eigenvalue weighted by Gasteiger charge is -2.10. The van der Waals surface area contributed by atoms with Gasteiger partial charge in [-0.15, -0.1) is 0 Å². The summed E-state index contributed by atoms with van der Waals surface area (Å²) in [7, 11) is -2.88. The van der Waals surface area contributed by atoms with Gasteiger partial charge in [-0.05, 0) is 19.1 Å². The molecule has 0 fully saturated rings. The van der Waals surface area contributed by atoms with Crippen LogP contribution in [0.3, 0.4) is 0 Å². The van der Waals surface area contributed by atoms with Crippen LogP contribution in [0.25, 0.3) is 0 Å². The zero-order chi connectivity index (χ0) is 11.3. The Morgan fingerprint density at radius 3 is 2.80 bits per heavy atom. The molecule has 1 aromatic rings. The van der Waals surface area contributed by atoms with Gasteiger partial charge in [-0.3, -0.25) is 0 Å². The smallest absolute Gasteiger partial charge is 0.151 e. The van der Waals surface area contributed by atoms with Crippen molar-refractivity contribution in [3.05, 3.63) is 24.2 Å². The largest absolute Gasteiger partial charge is 0.468 e. The van der Waals surface area contributed by atoms with Crippen LogP contribution in [0, 0.1) is 0 Å². The van der Waals surface area contributed by atoms with E-state index in [2.05, 4.69) is 5.32 Å². The van der Waals surface area contributed by atoms with E-state index in [-0.39, 0.29) is 17.5 Å². The molecule has 0 saturated heterocycles. The average molecular weight is 231 g/mol. The highest BCUT2D eigenvalue weighted by molar-refractivity contribution is 7.91. The molecule has 0 aliphatic carbocycles. The maximum Gasteiger partial charge on any atom is 0.151 e. The van der Waals surface area contributed by atoms with Crippen molar-refractivity contribution in [3.8, 4) is 0 Å². The summed E-state index contributed by atoms with van der Waals surface area (Å²) in [4.78, 5) is 0. The zero-order valence-electron chi connectivity index (χ0n) is 9.06. The van der Waals surface area contributed by atoms with E-state index in [1.807, 2.05) is 19.1 Å². The third kappa shape index (κ3) is 4.05. The summed E-state index contributed by atoms with van der Waals surface area (Å²) >= 11 is 0. The van der Waals surface area contributed by atoms with Crippen LogP contribution in [-0.4, -0.2) is 26.5 Å². The molecular weight excluding hydrogens is 214 g/mol. The maximum atomic E-state index is 11.2. The van der Waals surface area contributed by atoms with Crippen LogP contribution in [0.15, 0.2) is 22.8 Å². The lowest BCUT2D eigenvalue weighted by atomic mass is 10.2. The number of nitrogens with one attached hydrogen (secondary N) is 1. The molecule has 0 saturated carbocycles. The second kappa shape index (κ2) is 5.32. The highest BCUT2D eigenvalue weighted by atomic mass is 32.2. The molecule has 0 unspecified atom stereocenters. The molecule has 0 spiro atoms. The van der Waals surface area contributed by atoms with Gasteiger partial charge in [0.05, 0.1) is 18.1 Å². The van der Waals surface area contributed by atoms with Gasteiger partial charge in [0.2, 0.25) is 0 Å². The predicted octanol–water partition coefficient (Wildman–Crippen LogP) is 1.36. The van der Waals surface area contributed by atoms with Gasteiger partial charge >= 0.3 is 0 Å².